The van der Waals surface area contributed by atoms with Gasteiger partial charge in [0.2, 0.25) is 0 Å². The van der Waals surface area contributed by atoms with Crippen molar-refractivity contribution >= 4 is 5.65 Å². The molecular weight excluding hydrogens is 393 g/mol. The number of pyridine rings is 1. The van der Waals surface area contributed by atoms with Crippen LogP contribution in [0, 0.1) is 17.6 Å². The van der Waals surface area contributed by atoms with Crippen molar-refractivity contribution in [3.8, 4) is 5.75 Å². The van der Waals surface area contributed by atoms with Crippen LogP contribution in [-0.2, 0) is 12.6 Å². The van der Waals surface area contributed by atoms with E-state index in [-0.39, 0.29) is 22.9 Å². The Morgan fingerprint density at radius 1 is 1.07 bits per heavy atom. The predicted molar refractivity (Wildman–Crippen MR) is 96.5 cm³/mol. The molecule has 0 bridgehead atoms. The Balaban J connectivity index is 2.03. The van der Waals surface area contributed by atoms with E-state index in [4.69, 9.17) is 4.74 Å². The first-order valence-electron chi connectivity index (χ1n) is 9.17. The molecule has 2 aromatic heterocycles. The Morgan fingerprint density at radius 3 is 2.41 bits per heavy atom. The van der Waals surface area contributed by atoms with E-state index in [0.717, 1.165) is 24.6 Å². The summed E-state index contributed by atoms with van der Waals surface area (Å²) >= 11 is 0. The molecule has 0 aliphatic carbocycles. The van der Waals surface area contributed by atoms with Crippen LogP contribution in [0.1, 0.15) is 50.2 Å². The highest BCUT2D eigenvalue weighted by molar-refractivity contribution is 5.54. The summed E-state index contributed by atoms with van der Waals surface area (Å²) in [5.74, 6) is -1.61. The summed E-state index contributed by atoms with van der Waals surface area (Å²) in [5.41, 5.74) is -1.44. The minimum atomic E-state index is -4.70. The Morgan fingerprint density at radius 2 is 1.79 bits per heavy atom. The molecule has 0 saturated carbocycles. The molecule has 0 amide bonds. The molecule has 0 saturated heterocycles. The van der Waals surface area contributed by atoms with Crippen molar-refractivity contribution < 1.29 is 26.7 Å². The number of hydrogen-bond acceptors (Lipinski definition) is 3. The van der Waals surface area contributed by atoms with Gasteiger partial charge >= 0.3 is 6.18 Å². The molecule has 0 fully saturated rings. The lowest BCUT2D eigenvalue weighted by Crippen LogP contribution is -2.16. The second kappa shape index (κ2) is 7.96. The predicted octanol–water partition coefficient (Wildman–Crippen LogP) is 5.75. The van der Waals surface area contributed by atoms with E-state index in [9.17, 15) is 22.0 Å². The highest BCUT2D eigenvalue weighted by Gasteiger charge is 2.39. The zero-order valence-corrected chi connectivity index (χ0v) is 16.1. The quantitative estimate of drug-likeness (QED) is 0.483. The van der Waals surface area contributed by atoms with Crippen LogP contribution < -0.4 is 4.74 Å². The van der Waals surface area contributed by atoms with Gasteiger partial charge in [-0.1, -0.05) is 20.3 Å². The van der Waals surface area contributed by atoms with Gasteiger partial charge in [-0.25, -0.2) is 8.78 Å². The highest BCUT2D eigenvalue weighted by Crippen LogP contribution is 2.38. The normalized spacial score (nSPS) is 14.2. The van der Waals surface area contributed by atoms with E-state index in [1.807, 2.05) is 13.8 Å². The molecule has 0 radical (unpaired) electrons. The maximum absolute atomic E-state index is 13.9. The summed E-state index contributed by atoms with van der Waals surface area (Å²) in [6, 6.07) is 4.09. The van der Waals surface area contributed by atoms with E-state index in [1.165, 1.54) is 23.6 Å². The number of alkyl halides is 3. The molecule has 29 heavy (non-hydrogen) atoms. The van der Waals surface area contributed by atoms with Crippen molar-refractivity contribution in [1.29, 1.82) is 0 Å². The fourth-order valence-corrected chi connectivity index (χ4v) is 3.06. The third-order valence-corrected chi connectivity index (χ3v) is 4.84. The summed E-state index contributed by atoms with van der Waals surface area (Å²) in [6.07, 6.45) is -2.96. The SMILES string of the molecule is CCC(C)Cc1nnc2c(C(F)(F)F)c([C@H](C)Oc3ccc(F)c(F)c3)ccn12. The van der Waals surface area contributed by atoms with Crippen molar-refractivity contribution in [2.45, 2.75) is 45.9 Å². The molecule has 2 heterocycles. The third kappa shape index (κ3) is 4.33. The first kappa shape index (κ1) is 21.0. The van der Waals surface area contributed by atoms with Crippen LogP contribution in [0.15, 0.2) is 30.5 Å². The smallest absolute Gasteiger partial charge is 0.420 e. The van der Waals surface area contributed by atoms with Gasteiger partial charge < -0.3 is 4.74 Å². The Hall–Kier alpha value is -2.71. The van der Waals surface area contributed by atoms with Crippen molar-refractivity contribution in [3.05, 3.63) is 59.0 Å². The Labute approximate surface area is 164 Å². The van der Waals surface area contributed by atoms with Crippen LogP contribution >= 0.6 is 0 Å². The van der Waals surface area contributed by atoms with Crippen molar-refractivity contribution in [2.24, 2.45) is 5.92 Å². The second-order valence-corrected chi connectivity index (χ2v) is 7.01. The fourth-order valence-electron chi connectivity index (χ4n) is 3.06. The number of aromatic nitrogens is 3. The number of nitrogens with zero attached hydrogens (tertiary/aromatic N) is 3. The molecule has 2 atom stereocenters. The average Bonchev–Trinajstić information content (AvgIpc) is 3.05. The van der Waals surface area contributed by atoms with Crippen LogP contribution in [0.5, 0.6) is 5.75 Å². The summed E-state index contributed by atoms with van der Waals surface area (Å²) < 4.78 is 74.9. The molecule has 156 valence electrons. The zero-order chi connectivity index (χ0) is 21.3. The van der Waals surface area contributed by atoms with E-state index in [1.54, 1.807) is 0 Å². The molecule has 3 rings (SSSR count). The lowest BCUT2D eigenvalue weighted by molar-refractivity contribution is -0.138. The summed E-state index contributed by atoms with van der Waals surface area (Å²) in [6.45, 7) is 5.38. The lowest BCUT2D eigenvalue weighted by Gasteiger charge is -2.20. The van der Waals surface area contributed by atoms with Gasteiger partial charge in [-0.2, -0.15) is 13.2 Å². The maximum Gasteiger partial charge on any atom is 0.420 e. The Kier molecular flexibility index (Phi) is 5.77. The van der Waals surface area contributed by atoms with E-state index < -0.39 is 29.5 Å². The second-order valence-electron chi connectivity index (χ2n) is 7.01. The van der Waals surface area contributed by atoms with E-state index >= 15 is 0 Å². The van der Waals surface area contributed by atoms with Gasteiger partial charge in [-0.05, 0) is 31.0 Å². The van der Waals surface area contributed by atoms with Crippen molar-refractivity contribution in [2.75, 3.05) is 0 Å². The molecule has 0 aliphatic heterocycles. The van der Waals surface area contributed by atoms with Crippen LogP contribution in [0.3, 0.4) is 0 Å². The van der Waals surface area contributed by atoms with E-state index in [2.05, 4.69) is 10.2 Å². The first-order chi connectivity index (χ1) is 13.6. The maximum atomic E-state index is 13.9. The number of benzene rings is 1. The number of fused-ring (bicyclic) bond motifs is 1. The summed E-state index contributed by atoms with van der Waals surface area (Å²) in [7, 11) is 0. The first-order valence-corrected chi connectivity index (χ1v) is 9.17. The number of hydrogen-bond donors (Lipinski definition) is 0. The van der Waals surface area contributed by atoms with Gasteiger partial charge in [-0.15, -0.1) is 10.2 Å². The average molecular weight is 413 g/mol. The van der Waals surface area contributed by atoms with Crippen molar-refractivity contribution in [1.82, 2.24) is 14.6 Å². The van der Waals surface area contributed by atoms with Crippen LogP contribution in [0.4, 0.5) is 22.0 Å². The third-order valence-electron chi connectivity index (χ3n) is 4.84. The topological polar surface area (TPSA) is 39.4 Å². The van der Waals surface area contributed by atoms with Gasteiger partial charge in [-0.3, -0.25) is 4.40 Å². The molecule has 0 aliphatic rings. The molecule has 9 heteroatoms. The van der Waals surface area contributed by atoms with Gasteiger partial charge in [0.25, 0.3) is 0 Å². The van der Waals surface area contributed by atoms with Gasteiger partial charge in [0.05, 0.1) is 0 Å². The largest absolute Gasteiger partial charge is 0.486 e. The monoisotopic (exact) mass is 413 g/mol. The van der Waals surface area contributed by atoms with Crippen LogP contribution in [0.2, 0.25) is 0 Å². The van der Waals surface area contributed by atoms with Gasteiger partial charge in [0.1, 0.15) is 23.2 Å². The molecule has 0 spiro atoms. The molecule has 1 aromatic carbocycles. The summed E-state index contributed by atoms with van der Waals surface area (Å²) in [5, 5.41) is 7.72. The molecule has 4 nitrogen and oxygen atoms in total. The Bertz CT molecular complexity index is 1020. The zero-order valence-electron chi connectivity index (χ0n) is 16.1. The van der Waals surface area contributed by atoms with Gasteiger partial charge in [0.15, 0.2) is 17.3 Å². The lowest BCUT2D eigenvalue weighted by atomic mass is 10.0. The highest BCUT2D eigenvalue weighted by atomic mass is 19.4. The van der Waals surface area contributed by atoms with Crippen LogP contribution in [-0.4, -0.2) is 14.6 Å². The standard InChI is InChI=1S/C20H20F5N3O/c1-4-11(2)9-17-26-27-19-18(20(23,24)25)14(7-8-28(17)19)12(3)29-13-5-6-15(21)16(22)10-13/h5-8,10-12H,4,9H2,1-3H3/t11?,12-/m0/s1. The number of ether oxygens (including phenoxy) is 1. The molecular formula is C20H20F5N3O. The molecule has 0 N–H and O–H groups in total. The summed E-state index contributed by atoms with van der Waals surface area (Å²) in [4.78, 5) is 0. The number of rotatable bonds is 6. The minimum absolute atomic E-state index is 0.0803. The van der Waals surface area contributed by atoms with Crippen molar-refractivity contribution in [3.63, 3.8) is 0 Å². The van der Waals surface area contributed by atoms with Gasteiger partial charge in [0, 0.05) is 24.2 Å². The number of halogens is 5. The molecule has 1 unspecified atom stereocenters. The fraction of sp³-hybridized carbons (Fsp3) is 0.400. The molecule has 3 aromatic rings. The van der Waals surface area contributed by atoms with Crippen LogP contribution in [0.25, 0.3) is 5.65 Å². The minimum Gasteiger partial charge on any atom is -0.486 e. The van der Waals surface area contributed by atoms with E-state index in [0.29, 0.717) is 12.2 Å².